The van der Waals surface area contributed by atoms with Crippen LogP contribution in [0.1, 0.15) is 43.9 Å². The second kappa shape index (κ2) is 7.43. The first-order valence-corrected chi connectivity index (χ1v) is 10.6. The summed E-state index contributed by atoms with van der Waals surface area (Å²) in [7, 11) is 0. The van der Waals surface area contributed by atoms with Crippen LogP contribution in [0, 0.1) is 10.8 Å². The zero-order valence-electron chi connectivity index (χ0n) is 17.7. The molecule has 1 N–H and O–H groups in total. The van der Waals surface area contributed by atoms with Gasteiger partial charge < -0.3 is 10.1 Å². The minimum atomic E-state index is -4.69. The van der Waals surface area contributed by atoms with Gasteiger partial charge in [0.1, 0.15) is 6.10 Å². The summed E-state index contributed by atoms with van der Waals surface area (Å²) in [6.45, 7) is 7.75. The van der Waals surface area contributed by atoms with Crippen molar-refractivity contribution in [2.75, 3.05) is 0 Å². The van der Waals surface area contributed by atoms with Crippen molar-refractivity contribution in [2.45, 2.75) is 46.0 Å². The SMILES string of the molecule is CC1(C)C(NC(=O)c2ccc(Br)cc2)C(C)(C)C1Oc1ccc2nnc(C(F)(F)F)n2n1. The Hall–Kier alpha value is -2.69. The molecule has 2 heterocycles. The summed E-state index contributed by atoms with van der Waals surface area (Å²) in [6, 6.07) is 9.63. The lowest BCUT2D eigenvalue weighted by atomic mass is 9.49. The first kappa shape index (κ1) is 22.5. The number of halogens is 4. The Kier molecular flexibility index (Phi) is 5.22. The van der Waals surface area contributed by atoms with Crippen molar-refractivity contribution in [3.63, 3.8) is 0 Å². The van der Waals surface area contributed by atoms with E-state index in [0.29, 0.717) is 10.1 Å². The monoisotopic (exact) mass is 511 g/mol. The van der Waals surface area contributed by atoms with Crippen LogP contribution in [0.15, 0.2) is 40.9 Å². The molecule has 1 aromatic carbocycles. The summed E-state index contributed by atoms with van der Waals surface area (Å²) in [5.74, 6) is -1.41. The van der Waals surface area contributed by atoms with Crippen LogP contribution in [0.25, 0.3) is 5.65 Å². The van der Waals surface area contributed by atoms with Crippen molar-refractivity contribution < 1.29 is 22.7 Å². The van der Waals surface area contributed by atoms with Gasteiger partial charge in [-0.1, -0.05) is 43.6 Å². The van der Waals surface area contributed by atoms with Crippen LogP contribution in [0.2, 0.25) is 0 Å². The van der Waals surface area contributed by atoms with Gasteiger partial charge in [-0.3, -0.25) is 4.79 Å². The number of carbonyl (C=O) groups excluding carboxylic acids is 1. The van der Waals surface area contributed by atoms with E-state index < -0.39 is 28.9 Å². The van der Waals surface area contributed by atoms with E-state index in [-0.39, 0.29) is 23.5 Å². The lowest BCUT2D eigenvalue weighted by molar-refractivity contribution is -0.166. The molecule has 0 aliphatic heterocycles. The van der Waals surface area contributed by atoms with Crippen LogP contribution < -0.4 is 10.1 Å². The fourth-order valence-corrected chi connectivity index (χ4v) is 5.01. The van der Waals surface area contributed by atoms with Gasteiger partial charge in [0.05, 0.1) is 0 Å². The van der Waals surface area contributed by atoms with Crippen LogP contribution in [-0.2, 0) is 6.18 Å². The molecule has 0 saturated heterocycles. The molecule has 1 amide bonds. The Morgan fingerprint density at radius 3 is 2.28 bits per heavy atom. The molecule has 0 atom stereocenters. The first-order chi connectivity index (χ1) is 14.8. The van der Waals surface area contributed by atoms with Crippen molar-refractivity contribution in [2.24, 2.45) is 10.8 Å². The number of nitrogens with one attached hydrogen (secondary N) is 1. The predicted octanol–water partition coefficient (Wildman–Crippen LogP) is 4.52. The molecule has 11 heteroatoms. The highest BCUT2D eigenvalue weighted by molar-refractivity contribution is 9.10. The summed E-state index contributed by atoms with van der Waals surface area (Å²) in [4.78, 5) is 12.7. The molecule has 3 aromatic rings. The van der Waals surface area contributed by atoms with E-state index in [1.54, 1.807) is 24.3 Å². The third-order valence-electron chi connectivity index (χ3n) is 5.95. The molecule has 1 aliphatic carbocycles. The average molecular weight is 512 g/mol. The molecule has 0 bridgehead atoms. The zero-order valence-corrected chi connectivity index (χ0v) is 19.3. The maximum absolute atomic E-state index is 13.2. The van der Waals surface area contributed by atoms with E-state index in [1.807, 2.05) is 27.7 Å². The van der Waals surface area contributed by atoms with Crippen molar-refractivity contribution >= 4 is 27.5 Å². The molecule has 32 heavy (non-hydrogen) atoms. The minimum absolute atomic E-state index is 0.0200. The highest BCUT2D eigenvalue weighted by Crippen LogP contribution is 2.55. The number of nitrogens with zero attached hydrogens (tertiary/aromatic N) is 4. The molecule has 0 spiro atoms. The summed E-state index contributed by atoms with van der Waals surface area (Å²) in [6.07, 6.45) is -5.11. The van der Waals surface area contributed by atoms with Gasteiger partial charge in [0, 0.05) is 33.0 Å². The van der Waals surface area contributed by atoms with E-state index in [1.165, 1.54) is 12.1 Å². The van der Waals surface area contributed by atoms with Gasteiger partial charge in [0.25, 0.3) is 11.7 Å². The Bertz CT molecular complexity index is 1160. The average Bonchev–Trinajstić information content (AvgIpc) is 3.14. The summed E-state index contributed by atoms with van der Waals surface area (Å²) in [5, 5.41) is 13.7. The van der Waals surface area contributed by atoms with Gasteiger partial charge in [-0.15, -0.1) is 15.3 Å². The van der Waals surface area contributed by atoms with E-state index in [2.05, 4.69) is 36.5 Å². The molecule has 170 valence electrons. The van der Waals surface area contributed by atoms with Gasteiger partial charge in [-0.2, -0.15) is 17.7 Å². The van der Waals surface area contributed by atoms with Crippen LogP contribution in [0.5, 0.6) is 5.88 Å². The number of amides is 1. The molecule has 1 fully saturated rings. The van der Waals surface area contributed by atoms with E-state index in [0.717, 1.165) is 4.47 Å². The van der Waals surface area contributed by atoms with Gasteiger partial charge in [0.2, 0.25) is 5.88 Å². The topological polar surface area (TPSA) is 81.4 Å². The molecule has 0 radical (unpaired) electrons. The normalized spacial score (nSPS) is 21.8. The number of fused-ring (bicyclic) bond motifs is 1. The quantitative estimate of drug-likeness (QED) is 0.556. The second-order valence-corrected chi connectivity index (χ2v) is 9.93. The van der Waals surface area contributed by atoms with Crippen molar-refractivity contribution in [3.8, 4) is 5.88 Å². The third-order valence-corrected chi connectivity index (χ3v) is 6.48. The Balaban J connectivity index is 1.55. The van der Waals surface area contributed by atoms with E-state index in [9.17, 15) is 18.0 Å². The number of ether oxygens (including phenoxy) is 1. The van der Waals surface area contributed by atoms with Crippen LogP contribution in [0.3, 0.4) is 0 Å². The highest BCUT2D eigenvalue weighted by atomic mass is 79.9. The lowest BCUT2D eigenvalue weighted by Crippen LogP contribution is -2.74. The maximum Gasteiger partial charge on any atom is 0.453 e. The molecule has 7 nitrogen and oxygen atoms in total. The molecule has 4 rings (SSSR count). The maximum atomic E-state index is 13.2. The molecule has 1 aliphatic rings. The number of hydrogen-bond acceptors (Lipinski definition) is 5. The number of hydrogen-bond donors (Lipinski definition) is 1. The Morgan fingerprint density at radius 2 is 1.69 bits per heavy atom. The fraction of sp³-hybridized carbons (Fsp3) is 0.429. The van der Waals surface area contributed by atoms with Gasteiger partial charge in [0.15, 0.2) is 5.65 Å². The molecular weight excluding hydrogens is 491 g/mol. The molecule has 0 unspecified atom stereocenters. The number of carbonyl (C=O) groups is 1. The van der Waals surface area contributed by atoms with Gasteiger partial charge in [-0.25, -0.2) is 0 Å². The predicted molar refractivity (Wildman–Crippen MR) is 113 cm³/mol. The third kappa shape index (κ3) is 3.72. The van der Waals surface area contributed by atoms with Crippen molar-refractivity contribution in [3.05, 3.63) is 52.3 Å². The number of benzene rings is 1. The Morgan fingerprint density at radius 1 is 1.06 bits per heavy atom. The lowest BCUT2D eigenvalue weighted by Gasteiger charge is -2.62. The van der Waals surface area contributed by atoms with Crippen LogP contribution in [0.4, 0.5) is 13.2 Å². The van der Waals surface area contributed by atoms with E-state index >= 15 is 0 Å². The number of alkyl halides is 3. The van der Waals surface area contributed by atoms with Crippen molar-refractivity contribution in [1.29, 1.82) is 0 Å². The van der Waals surface area contributed by atoms with Crippen LogP contribution >= 0.6 is 15.9 Å². The summed E-state index contributed by atoms with van der Waals surface area (Å²) < 4.78 is 47.0. The fourth-order valence-electron chi connectivity index (χ4n) is 4.75. The van der Waals surface area contributed by atoms with E-state index in [4.69, 9.17) is 4.74 Å². The number of rotatable bonds is 4. The summed E-state index contributed by atoms with van der Waals surface area (Å²) in [5.41, 5.74) is -0.517. The smallest absolute Gasteiger partial charge is 0.453 e. The second-order valence-electron chi connectivity index (χ2n) is 9.02. The molecule has 1 saturated carbocycles. The number of aromatic nitrogens is 4. The summed E-state index contributed by atoms with van der Waals surface area (Å²) >= 11 is 3.35. The first-order valence-electron chi connectivity index (χ1n) is 9.84. The molecule has 2 aromatic heterocycles. The minimum Gasteiger partial charge on any atom is -0.472 e. The Labute approximate surface area is 190 Å². The van der Waals surface area contributed by atoms with Gasteiger partial charge in [-0.05, 0) is 30.3 Å². The van der Waals surface area contributed by atoms with Gasteiger partial charge >= 0.3 is 6.18 Å². The highest BCUT2D eigenvalue weighted by Gasteiger charge is 2.64. The van der Waals surface area contributed by atoms with Crippen molar-refractivity contribution in [1.82, 2.24) is 25.1 Å². The van der Waals surface area contributed by atoms with Crippen LogP contribution in [-0.4, -0.2) is 37.9 Å². The largest absolute Gasteiger partial charge is 0.472 e. The zero-order chi connectivity index (χ0) is 23.5. The molecular formula is C21H21BrF3N5O2. The standard InChI is InChI=1S/C21H21BrF3N5O2/c1-19(2)16(26-15(31)11-5-7-12(22)8-6-11)20(3,4)17(19)32-14-10-9-13-27-28-18(21(23,24)25)30(13)29-14/h5-10,16-17H,1-4H3,(H,26,31).